The van der Waals surface area contributed by atoms with Gasteiger partial charge in [-0.1, -0.05) is 0 Å². The topological polar surface area (TPSA) is 95.5 Å². The third-order valence-electron chi connectivity index (χ3n) is 4.68. The van der Waals surface area contributed by atoms with Crippen molar-refractivity contribution in [3.05, 3.63) is 35.4 Å². The molecule has 2 aromatic carbocycles. The minimum Gasteiger partial charge on any atom is -0.736 e. The van der Waals surface area contributed by atoms with Gasteiger partial charge in [-0.2, -0.15) is 0 Å². The van der Waals surface area contributed by atoms with Gasteiger partial charge in [-0.3, -0.25) is 0 Å². The number of benzene rings is 2. The smallest absolute Gasteiger partial charge is 0.736 e. The maximum Gasteiger partial charge on any atom is 1.00 e. The van der Waals surface area contributed by atoms with Crippen molar-refractivity contribution in [1.82, 2.24) is 0 Å². The molecule has 0 amide bonds. The fourth-order valence-corrected chi connectivity index (χ4v) is 4.72. The molecule has 0 N–H and O–H groups in total. The Balaban J connectivity index is 0.00000533. The Bertz CT molecular complexity index is 1140. The number of phosphoric ester groups is 1. The summed E-state index contributed by atoms with van der Waals surface area (Å²) in [6.07, 6.45) is 0.244. The number of fused-ring (bicyclic) bond motifs is 2. The van der Waals surface area contributed by atoms with Gasteiger partial charge in [0.05, 0.1) is 0 Å². The molecule has 1 aliphatic heterocycles. The standard InChI is InChI=1S/C29H43O8P.Na/c1-26(2,3)32-20-14-18-13-19-15-21(33-27(4,5)6)17-23(35-29(10,11)12)25(19)37-38(30,31)36-24(18)22(16-20)34-28(7,8)9;/h14-17H,13H2,1-12H3,(H,30,31);/q;+1/p-1. The summed E-state index contributed by atoms with van der Waals surface area (Å²) in [5.74, 6) is 1.65. The second-order valence-electron chi connectivity index (χ2n) is 13.5. The molecule has 39 heavy (non-hydrogen) atoms. The minimum absolute atomic E-state index is 0. The van der Waals surface area contributed by atoms with Crippen LogP contribution in [-0.2, 0) is 11.0 Å². The second kappa shape index (κ2) is 11.4. The number of ether oxygens (including phenoxy) is 4. The van der Waals surface area contributed by atoms with E-state index in [1.165, 1.54) is 0 Å². The summed E-state index contributed by atoms with van der Waals surface area (Å²) in [5, 5.41) is 0. The Morgan fingerprint density at radius 2 is 0.923 bits per heavy atom. The van der Waals surface area contributed by atoms with Crippen LogP contribution < -0.4 is 62.4 Å². The predicted molar refractivity (Wildman–Crippen MR) is 146 cm³/mol. The van der Waals surface area contributed by atoms with Crippen LogP contribution >= 0.6 is 7.82 Å². The van der Waals surface area contributed by atoms with Crippen LogP contribution in [0.2, 0.25) is 0 Å². The van der Waals surface area contributed by atoms with Crippen LogP contribution in [0.4, 0.5) is 0 Å². The third kappa shape index (κ3) is 10.4. The third-order valence-corrected chi connectivity index (χ3v) is 5.49. The van der Waals surface area contributed by atoms with Crippen LogP contribution in [0.25, 0.3) is 0 Å². The van der Waals surface area contributed by atoms with E-state index in [9.17, 15) is 9.46 Å². The van der Waals surface area contributed by atoms with E-state index in [0.29, 0.717) is 22.6 Å². The first kappa shape index (κ1) is 33.6. The van der Waals surface area contributed by atoms with Gasteiger partial charge in [-0.05, 0) is 95.2 Å². The summed E-state index contributed by atoms with van der Waals surface area (Å²) in [7, 11) is -4.91. The molecule has 0 bridgehead atoms. The maximum absolute atomic E-state index is 13.2. The molecule has 0 unspecified atom stereocenters. The van der Waals surface area contributed by atoms with Gasteiger partial charge in [0.1, 0.15) is 33.9 Å². The van der Waals surface area contributed by atoms with E-state index in [-0.39, 0.29) is 59.0 Å². The molecular formula is C29H42NaO8P. The summed E-state index contributed by atoms with van der Waals surface area (Å²) in [5.41, 5.74) is -1.14. The van der Waals surface area contributed by atoms with E-state index in [2.05, 4.69) is 0 Å². The Morgan fingerprint density at radius 1 is 0.615 bits per heavy atom. The molecule has 0 aromatic heterocycles. The van der Waals surface area contributed by atoms with Gasteiger partial charge in [0.15, 0.2) is 23.0 Å². The molecule has 0 saturated carbocycles. The summed E-state index contributed by atoms with van der Waals surface area (Å²) >= 11 is 0. The average molecular weight is 573 g/mol. The molecule has 10 heteroatoms. The largest absolute Gasteiger partial charge is 1.00 e. The van der Waals surface area contributed by atoms with Crippen LogP contribution in [0.15, 0.2) is 24.3 Å². The minimum atomic E-state index is -4.91. The van der Waals surface area contributed by atoms with E-state index >= 15 is 0 Å². The Morgan fingerprint density at radius 3 is 1.21 bits per heavy atom. The summed E-state index contributed by atoms with van der Waals surface area (Å²) in [6, 6.07) is 6.83. The van der Waals surface area contributed by atoms with Crippen molar-refractivity contribution >= 4 is 7.82 Å². The van der Waals surface area contributed by atoms with Gasteiger partial charge in [-0.15, -0.1) is 0 Å². The van der Waals surface area contributed by atoms with Crippen molar-refractivity contribution in [2.75, 3.05) is 0 Å². The molecular weight excluding hydrogens is 530 g/mol. The van der Waals surface area contributed by atoms with E-state index in [1.807, 2.05) is 83.1 Å². The van der Waals surface area contributed by atoms with Crippen LogP contribution in [0.3, 0.4) is 0 Å². The summed E-state index contributed by atoms with van der Waals surface area (Å²) in [4.78, 5) is 13.2. The molecule has 0 aliphatic carbocycles. The van der Waals surface area contributed by atoms with Gasteiger partial charge < -0.3 is 32.9 Å². The molecule has 8 nitrogen and oxygen atoms in total. The Kier molecular flexibility index (Phi) is 9.80. The van der Waals surface area contributed by atoms with E-state index in [0.717, 1.165) is 0 Å². The maximum atomic E-state index is 13.2. The first-order valence-corrected chi connectivity index (χ1v) is 14.2. The second-order valence-corrected chi connectivity index (χ2v) is 14.7. The quantitative estimate of drug-likeness (QED) is 0.397. The van der Waals surface area contributed by atoms with Gasteiger partial charge >= 0.3 is 37.4 Å². The molecule has 2 aromatic rings. The zero-order valence-electron chi connectivity index (χ0n) is 25.7. The van der Waals surface area contributed by atoms with Crippen molar-refractivity contribution in [2.45, 2.75) is 112 Å². The zero-order valence-corrected chi connectivity index (χ0v) is 28.6. The molecule has 3 rings (SSSR count). The van der Waals surface area contributed by atoms with Crippen LogP contribution in [-0.4, -0.2) is 22.4 Å². The van der Waals surface area contributed by atoms with Crippen molar-refractivity contribution < 1.29 is 67.0 Å². The Labute approximate surface area is 255 Å². The average Bonchev–Trinajstić information content (AvgIpc) is 2.61. The first-order chi connectivity index (χ1) is 17.0. The monoisotopic (exact) mass is 572 g/mol. The molecule has 0 saturated heterocycles. The van der Waals surface area contributed by atoms with E-state index in [1.54, 1.807) is 24.3 Å². The summed E-state index contributed by atoms with van der Waals surface area (Å²) < 4.78 is 48.9. The SMILES string of the molecule is CC(C)(C)Oc1cc2c(c(OC(C)(C)C)c1)OP(=O)([O-])Oc1c(cc(OC(C)(C)C)cc1OC(C)(C)C)C2.[Na+]. The molecule has 0 spiro atoms. The van der Waals surface area contributed by atoms with Gasteiger partial charge in [-0.25, -0.2) is 4.57 Å². The molecule has 0 atom stereocenters. The molecule has 1 aliphatic rings. The Hall–Kier alpha value is -1.57. The number of rotatable bonds is 4. The van der Waals surface area contributed by atoms with Crippen molar-refractivity contribution in [1.29, 1.82) is 0 Å². The van der Waals surface area contributed by atoms with Gasteiger partial charge in [0, 0.05) is 29.7 Å². The van der Waals surface area contributed by atoms with E-state index < -0.39 is 30.2 Å². The molecule has 1 heterocycles. The first-order valence-electron chi connectivity index (χ1n) is 12.8. The number of phosphoric acid groups is 1. The fraction of sp³-hybridized carbons (Fsp3) is 0.586. The van der Waals surface area contributed by atoms with Gasteiger partial charge in [0.2, 0.25) is 0 Å². The predicted octanol–water partition coefficient (Wildman–Crippen LogP) is 4.23. The molecule has 0 fully saturated rings. The van der Waals surface area contributed by atoms with Crippen LogP contribution in [0.1, 0.15) is 94.2 Å². The van der Waals surface area contributed by atoms with Crippen molar-refractivity contribution in [2.24, 2.45) is 0 Å². The number of hydrogen-bond acceptors (Lipinski definition) is 8. The van der Waals surface area contributed by atoms with E-state index in [4.69, 9.17) is 28.0 Å². The zero-order chi connectivity index (χ0) is 28.9. The van der Waals surface area contributed by atoms with Crippen molar-refractivity contribution in [3.63, 3.8) is 0 Å². The molecule has 0 radical (unpaired) electrons. The van der Waals surface area contributed by atoms with Crippen LogP contribution in [0.5, 0.6) is 34.5 Å². The number of hydrogen-bond donors (Lipinski definition) is 0. The van der Waals surface area contributed by atoms with Crippen LogP contribution in [0, 0.1) is 0 Å². The summed E-state index contributed by atoms with van der Waals surface area (Å²) in [6.45, 7) is 22.8. The van der Waals surface area contributed by atoms with Crippen molar-refractivity contribution in [3.8, 4) is 34.5 Å². The molecule has 212 valence electrons. The fourth-order valence-electron chi connectivity index (χ4n) is 3.82. The van der Waals surface area contributed by atoms with Gasteiger partial charge in [0.25, 0.3) is 0 Å². The normalized spacial score (nSPS) is 15.2.